The van der Waals surface area contributed by atoms with Gasteiger partial charge in [0.05, 0.1) is 19.4 Å². The fourth-order valence-corrected chi connectivity index (χ4v) is 1.93. The minimum Gasteiger partial charge on any atom is -0.476 e. The molecule has 126 valence electrons. The van der Waals surface area contributed by atoms with Crippen molar-refractivity contribution in [1.29, 1.82) is 0 Å². The minimum absolute atomic E-state index is 0.0551. The van der Waals surface area contributed by atoms with Crippen LogP contribution in [0.4, 0.5) is 5.69 Å². The number of carbonyl (C=O) groups is 2. The van der Waals surface area contributed by atoms with Crippen molar-refractivity contribution in [2.75, 3.05) is 18.5 Å². The van der Waals surface area contributed by atoms with Gasteiger partial charge in [-0.3, -0.25) is 9.59 Å². The molecular formula is C17H19N3O4. The highest BCUT2D eigenvalue weighted by molar-refractivity contribution is 6.05. The Bertz CT molecular complexity index is 729. The smallest absolute Gasteiger partial charge is 0.319 e. The molecule has 7 heteroatoms. The highest BCUT2D eigenvalue weighted by Gasteiger charge is 2.14. The summed E-state index contributed by atoms with van der Waals surface area (Å²) in [6.07, 6.45) is 1.44. The SMILES string of the molecule is CCOc1ncc(NC(=O)c2ccc(C(C)=O)cc2)c(OCC)n1. The van der Waals surface area contributed by atoms with Crippen LogP contribution in [0.15, 0.2) is 30.5 Å². The number of ketones is 1. The Kier molecular flexibility index (Phi) is 5.83. The van der Waals surface area contributed by atoms with E-state index in [4.69, 9.17) is 9.47 Å². The maximum atomic E-state index is 12.3. The summed E-state index contributed by atoms with van der Waals surface area (Å²) in [6, 6.07) is 6.57. The van der Waals surface area contributed by atoms with Gasteiger partial charge in [-0.2, -0.15) is 4.98 Å². The Balaban J connectivity index is 2.19. The minimum atomic E-state index is -0.348. The number of rotatable bonds is 7. The van der Waals surface area contributed by atoms with Crippen molar-refractivity contribution in [2.45, 2.75) is 20.8 Å². The Hall–Kier alpha value is -2.96. The lowest BCUT2D eigenvalue weighted by Gasteiger charge is -2.11. The predicted octanol–water partition coefficient (Wildman–Crippen LogP) is 2.73. The average Bonchev–Trinajstić information content (AvgIpc) is 2.57. The second-order valence-corrected chi connectivity index (χ2v) is 4.83. The quantitative estimate of drug-likeness (QED) is 0.786. The second kappa shape index (κ2) is 8.05. The van der Waals surface area contributed by atoms with Crippen molar-refractivity contribution in [1.82, 2.24) is 9.97 Å². The van der Waals surface area contributed by atoms with Gasteiger partial charge in [-0.15, -0.1) is 0 Å². The zero-order valence-electron chi connectivity index (χ0n) is 13.8. The van der Waals surface area contributed by atoms with E-state index in [-0.39, 0.29) is 23.6 Å². The van der Waals surface area contributed by atoms with Crippen molar-refractivity contribution in [2.24, 2.45) is 0 Å². The van der Waals surface area contributed by atoms with Crippen molar-refractivity contribution in [3.05, 3.63) is 41.6 Å². The maximum Gasteiger partial charge on any atom is 0.319 e. The van der Waals surface area contributed by atoms with E-state index in [2.05, 4.69) is 15.3 Å². The summed E-state index contributed by atoms with van der Waals surface area (Å²) in [5.74, 6) is -0.163. The van der Waals surface area contributed by atoms with Crippen LogP contribution in [0, 0.1) is 0 Å². The van der Waals surface area contributed by atoms with E-state index in [1.165, 1.54) is 13.1 Å². The van der Waals surface area contributed by atoms with Crippen LogP contribution in [0.25, 0.3) is 0 Å². The van der Waals surface area contributed by atoms with Crippen molar-refractivity contribution < 1.29 is 19.1 Å². The molecule has 0 aliphatic heterocycles. The maximum absolute atomic E-state index is 12.3. The van der Waals surface area contributed by atoms with Crippen LogP contribution < -0.4 is 14.8 Å². The Labute approximate surface area is 140 Å². The molecule has 2 aromatic rings. The van der Waals surface area contributed by atoms with Gasteiger partial charge < -0.3 is 14.8 Å². The van der Waals surface area contributed by atoms with Crippen LogP contribution >= 0.6 is 0 Å². The highest BCUT2D eigenvalue weighted by atomic mass is 16.5. The van der Waals surface area contributed by atoms with E-state index in [9.17, 15) is 9.59 Å². The molecule has 0 atom stereocenters. The third kappa shape index (κ3) is 4.28. The highest BCUT2D eigenvalue weighted by Crippen LogP contribution is 2.24. The van der Waals surface area contributed by atoms with E-state index in [1.807, 2.05) is 13.8 Å². The van der Waals surface area contributed by atoms with Crippen molar-refractivity contribution in [3.63, 3.8) is 0 Å². The molecule has 1 aromatic carbocycles. The number of amides is 1. The summed E-state index contributed by atoms with van der Waals surface area (Å²) in [6.45, 7) is 5.93. The van der Waals surface area contributed by atoms with Gasteiger partial charge in [-0.1, -0.05) is 12.1 Å². The number of nitrogens with zero attached hydrogens (tertiary/aromatic N) is 2. The molecular weight excluding hydrogens is 310 g/mol. The lowest BCUT2D eigenvalue weighted by Crippen LogP contribution is -2.14. The van der Waals surface area contributed by atoms with E-state index >= 15 is 0 Å². The van der Waals surface area contributed by atoms with Crippen molar-refractivity contribution in [3.8, 4) is 11.9 Å². The van der Waals surface area contributed by atoms with Gasteiger partial charge in [0, 0.05) is 11.1 Å². The zero-order valence-corrected chi connectivity index (χ0v) is 13.8. The van der Waals surface area contributed by atoms with Gasteiger partial charge in [-0.05, 0) is 32.9 Å². The van der Waals surface area contributed by atoms with E-state index < -0.39 is 0 Å². The molecule has 0 saturated carbocycles. The van der Waals surface area contributed by atoms with Gasteiger partial charge in [-0.25, -0.2) is 4.98 Å². The van der Waals surface area contributed by atoms with E-state index in [0.717, 1.165) is 0 Å². The first-order valence-corrected chi connectivity index (χ1v) is 7.60. The Morgan fingerprint density at radius 3 is 2.25 bits per heavy atom. The number of carbonyl (C=O) groups excluding carboxylic acids is 2. The molecule has 1 heterocycles. The molecule has 7 nitrogen and oxygen atoms in total. The fraction of sp³-hybridized carbons (Fsp3) is 0.294. The van der Waals surface area contributed by atoms with Gasteiger partial charge in [0.15, 0.2) is 5.78 Å². The summed E-state index contributed by atoms with van der Waals surface area (Å²) in [4.78, 5) is 31.7. The van der Waals surface area contributed by atoms with Crippen LogP contribution in [-0.4, -0.2) is 34.9 Å². The molecule has 0 radical (unpaired) electrons. The molecule has 1 aromatic heterocycles. The first-order valence-electron chi connectivity index (χ1n) is 7.60. The van der Waals surface area contributed by atoms with Gasteiger partial charge in [0.1, 0.15) is 5.69 Å². The third-order valence-corrected chi connectivity index (χ3v) is 3.09. The summed E-state index contributed by atoms with van der Waals surface area (Å²) in [5, 5.41) is 2.70. The lowest BCUT2D eigenvalue weighted by atomic mass is 10.1. The first kappa shape index (κ1) is 17.4. The lowest BCUT2D eigenvalue weighted by molar-refractivity contribution is 0.100. The Morgan fingerprint density at radius 2 is 1.67 bits per heavy atom. The van der Waals surface area contributed by atoms with Gasteiger partial charge in [0.25, 0.3) is 5.91 Å². The normalized spacial score (nSPS) is 10.1. The second-order valence-electron chi connectivity index (χ2n) is 4.83. The van der Waals surface area contributed by atoms with Gasteiger partial charge >= 0.3 is 6.01 Å². The van der Waals surface area contributed by atoms with Crippen LogP contribution in [0.3, 0.4) is 0 Å². The fourth-order valence-electron chi connectivity index (χ4n) is 1.93. The molecule has 1 amide bonds. The number of nitrogens with one attached hydrogen (secondary N) is 1. The Morgan fingerprint density at radius 1 is 1.04 bits per heavy atom. The summed E-state index contributed by atoms with van der Waals surface area (Å²) < 4.78 is 10.6. The van der Waals surface area contributed by atoms with Crippen LogP contribution in [0.2, 0.25) is 0 Å². The number of hydrogen-bond acceptors (Lipinski definition) is 6. The van der Waals surface area contributed by atoms with Crippen molar-refractivity contribution >= 4 is 17.4 Å². The van der Waals surface area contributed by atoms with E-state index in [0.29, 0.717) is 30.0 Å². The molecule has 0 unspecified atom stereocenters. The molecule has 2 rings (SSSR count). The molecule has 0 saturated heterocycles. The number of Topliss-reactive ketones (excluding diaryl/α,β-unsaturated/α-hetero) is 1. The topological polar surface area (TPSA) is 90.4 Å². The number of ether oxygens (including phenoxy) is 2. The summed E-state index contributed by atoms with van der Waals surface area (Å²) in [5.41, 5.74) is 1.31. The summed E-state index contributed by atoms with van der Waals surface area (Å²) >= 11 is 0. The standard InChI is InChI=1S/C17H19N3O4/c1-4-23-16-14(10-18-17(20-16)24-5-2)19-15(22)13-8-6-12(7-9-13)11(3)21/h6-10H,4-5H2,1-3H3,(H,19,22). The van der Waals surface area contributed by atoms with Crippen LogP contribution in [0.5, 0.6) is 11.9 Å². The monoisotopic (exact) mass is 329 g/mol. The molecule has 0 bridgehead atoms. The van der Waals surface area contributed by atoms with Gasteiger partial charge in [0.2, 0.25) is 5.88 Å². The molecule has 24 heavy (non-hydrogen) atoms. The first-order chi connectivity index (χ1) is 11.5. The molecule has 0 fully saturated rings. The number of aromatic nitrogens is 2. The molecule has 0 spiro atoms. The number of benzene rings is 1. The van der Waals surface area contributed by atoms with Crippen LogP contribution in [0.1, 0.15) is 41.5 Å². The zero-order chi connectivity index (χ0) is 17.5. The number of anilines is 1. The molecule has 1 N–H and O–H groups in total. The largest absolute Gasteiger partial charge is 0.476 e. The molecule has 0 aliphatic rings. The average molecular weight is 329 g/mol. The van der Waals surface area contributed by atoms with Crippen LogP contribution in [-0.2, 0) is 0 Å². The number of hydrogen-bond donors (Lipinski definition) is 1. The predicted molar refractivity (Wildman–Crippen MR) is 88.8 cm³/mol. The molecule has 0 aliphatic carbocycles. The third-order valence-electron chi connectivity index (χ3n) is 3.09. The summed E-state index contributed by atoms with van der Waals surface area (Å²) in [7, 11) is 0. The van der Waals surface area contributed by atoms with E-state index in [1.54, 1.807) is 24.3 Å².